The summed E-state index contributed by atoms with van der Waals surface area (Å²) in [6, 6.07) is 7.31. The molecule has 0 radical (unpaired) electrons. The van der Waals surface area contributed by atoms with Crippen LogP contribution in [-0.2, 0) is 6.42 Å². The van der Waals surface area contributed by atoms with E-state index in [9.17, 15) is 0 Å². The molecule has 0 amide bonds. The van der Waals surface area contributed by atoms with Crippen molar-refractivity contribution in [2.75, 3.05) is 5.33 Å². The topological polar surface area (TPSA) is 40.5 Å². The number of aryl methyl sites for hydroxylation is 1. The van der Waals surface area contributed by atoms with Crippen molar-refractivity contribution in [2.24, 2.45) is 0 Å². The summed E-state index contributed by atoms with van der Waals surface area (Å²) in [5.41, 5.74) is 1.57. The van der Waals surface area contributed by atoms with E-state index < -0.39 is 7.12 Å². The first-order valence-corrected chi connectivity index (χ1v) is 4.87. The van der Waals surface area contributed by atoms with Crippen LogP contribution < -0.4 is 5.46 Å². The molecule has 0 saturated carbocycles. The van der Waals surface area contributed by atoms with Crippen molar-refractivity contribution in [2.45, 2.75) is 6.42 Å². The molecular formula is C8H10BBrO2. The zero-order valence-electron chi connectivity index (χ0n) is 6.57. The summed E-state index contributed by atoms with van der Waals surface area (Å²) < 4.78 is 0. The molecule has 0 aromatic heterocycles. The smallest absolute Gasteiger partial charge is 0.423 e. The lowest BCUT2D eigenvalue weighted by Crippen LogP contribution is -2.32. The second kappa shape index (κ2) is 4.65. The van der Waals surface area contributed by atoms with Gasteiger partial charge >= 0.3 is 7.12 Å². The maximum Gasteiger partial charge on any atom is 0.488 e. The molecule has 0 aliphatic heterocycles. The second-order valence-corrected chi connectivity index (χ2v) is 3.30. The van der Waals surface area contributed by atoms with E-state index in [0.717, 1.165) is 17.3 Å². The molecule has 0 fully saturated rings. The number of hydrogen-bond acceptors (Lipinski definition) is 2. The van der Waals surface area contributed by atoms with Crippen LogP contribution in [-0.4, -0.2) is 22.5 Å². The van der Waals surface area contributed by atoms with Crippen LogP contribution in [0.3, 0.4) is 0 Å². The molecule has 1 rings (SSSR count). The Labute approximate surface area is 80.5 Å². The first-order chi connectivity index (χ1) is 5.75. The van der Waals surface area contributed by atoms with Crippen molar-refractivity contribution in [1.82, 2.24) is 0 Å². The Bertz CT molecular complexity index is 253. The average molecular weight is 229 g/mol. The molecule has 0 bridgehead atoms. The molecule has 0 saturated heterocycles. The minimum Gasteiger partial charge on any atom is -0.423 e. The van der Waals surface area contributed by atoms with Gasteiger partial charge in [0.15, 0.2) is 0 Å². The van der Waals surface area contributed by atoms with Gasteiger partial charge in [0, 0.05) is 5.33 Å². The highest BCUT2D eigenvalue weighted by Gasteiger charge is 2.13. The Kier molecular flexibility index (Phi) is 3.78. The third-order valence-electron chi connectivity index (χ3n) is 1.70. The van der Waals surface area contributed by atoms with Crippen molar-refractivity contribution in [3.05, 3.63) is 29.8 Å². The SMILES string of the molecule is OB(O)c1ccccc1CCBr. The van der Waals surface area contributed by atoms with Gasteiger partial charge in [-0.1, -0.05) is 40.2 Å². The van der Waals surface area contributed by atoms with Crippen molar-refractivity contribution in [3.8, 4) is 0 Å². The zero-order chi connectivity index (χ0) is 8.97. The molecule has 0 aliphatic carbocycles. The molecule has 0 atom stereocenters. The molecule has 0 spiro atoms. The lowest BCUT2D eigenvalue weighted by molar-refractivity contribution is 0.425. The largest absolute Gasteiger partial charge is 0.488 e. The van der Waals surface area contributed by atoms with Gasteiger partial charge in [0.2, 0.25) is 0 Å². The number of benzene rings is 1. The van der Waals surface area contributed by atoms with Crippen molar-refractivity contribution in [1.29, 1.82) is 0 Å². The first-order valence-electron chi connectivity index (χ1n) is 3.75. The first kappa shape index (κ1) is 9.77. The fourth-order valence-electron chi connectivity index (χ4n) is 1.12. The van der Waals surface area contributed by atoms with Gasteiger partial charge in [0.05, 0.1) is 0 Å². The summed E-state index contributed by atoms with van der Waals surface area (Å²) in [6.45, 7) is 0. The molecule has 0 aliphatic rings. The highest BCUT2D eigenvalue weighted by molar-refractivity contribution is 9.09. The van der Waals surface area contributed by atoms with E-state index in [1.807, 2.05) is 12.1 Å². The Morgan fingerprint density at radius 2 is 1.92 bits per heavy atom. The number of alkyl halides is 1. The van der Waals surface area contributed by atoms with Crippen LogP contribution in [0.2, 0.25) is 0 Å². The third kappa shape index (κ3) is 2.34. The number of halogens is 1. The molecule has 12 heavy (non-hydrogen) atoms. The van der Waals surface area contributed by atoms with Crippen LogP contribution in [0.1, 0.15) is 5.56 Å². The maximum absolute atomic E-state index is 8.97. The van der Waals surface area contributed by atoms with E-state index in [1.54, 1.807) is 12.1 Å². The maximum atomic E-state index is 8.97. The fourth-order valence-corrected chi connectivity index (χ4v) is 1.54. The fraction of sp³-hybridized carbons (Fsp3) is 0.250. The number of hydrogen-bond donors (Lipinski definition) is 2. The van der Waals surface area contributed by atoms with E-state index in [0.29, 0.717) is 5.46 Å². The second-order valence-electron chi connectivity index (χ2n) is 2.51. The summed E-state index contributed by atoms with van der Waals surface area (Å²) in [5, 5.41) is 18.8. The average Bonchev–Trinajstić information content (AvgIpc) is 2.05. The predicted octanol–water partition coefficient (Wildman–Crippen LogP) is 0.304. The molecule has 2 N–H and O–H groups in total. The van der Waals surface area contributed by atoms with Gasteiger partial charge < -0.3 is 10.0 Å². The lowest BCUT2D eigenvalue weighted by atomic mass is 9.76. The van der Waals surface area contributed by atoms with Gasteiger partial charge in [0.1, 0.15) is 0 Å². The quantitative estimate of drug-likeness (QED) is 0.578. The lowest BCUT2D eigenvalue weighted by Gasteiger charge is -2.05. The highest BCUT2D eigenvalue weighted by atomic mass is 79.9. The van der Waals surface area contributed by atoms with Crippen LogP contribution in [0.5, 0.6) is 0 Å². The van der Waals surface area contributed by atoms with Crippen LogP contribution in [0, 0.1) is 0 Å². The van der Waals surface area contributed by atoms with Crippen molar-refractivity contribution < 1.29 is 10.0 Å². The molecular weight excluding hydrogens is 219 g/mol. The Balaban J connectivity index is 2.92. The minimum absolute atomic E-state index is 0.594. The van der Waals surface area contributed by atoms with Crippen molar-refractivity contribution in [3.63, 3.8) is 0 Å². The number of rotatable bonds is 3. The van der Waals surface area contributed by atoms with E-state index >= 15 is 0 Å². The van der Waals surface area contributed by atoms with E-state index in [4.69, 9.17) is 10.0 Å². The van der Waals surface area contributed by atoms with Crippen LogP contribution in [0.4, 0.5) is 0 Å². The molecule has 2 nitrogen and oxygen atoms in total. The molecule has 4 heteroatoms. The summed E-state index contributed by atoms with van der Waals surface area (Å²) >= 11 is 3.31. The van der Waals surface area contributed by atoms with Crippen molar-refractivity contribution >= 4 is 28.5 Å². The predicted molar refractivity (Wildman–Crippen MR) is 53.8 cm³/mol. The Morgan fingerprint density at radius 1 is 1.25 bits per heavy atom. The zero-order valence-corrected chi connectivity index (χ0v) is 8.16. The van der Waals surface area contributed by atoms with Gasteiger partial charge in [-0.15, -0.1) is 0 Å². The van der Waals surface area contributed by atoms with Crippen LogP contribution in [0.25, 0.3) is 0 Å². The van der Waals surface area contributed by atoms with E-state index in [-0.39, 0.29) is 0 Å². The molecule has 0 heterocycles. The van der Waals surface area contributed by atoms with Gasteiger partial charge in [-0.05, 0) is 17.4 Å². The summed E-state index contributed by atoms with van der Waals surface area (Å²) in [5.74, 6) is 0. The Hall–Kier alpha value is -0.315. The molecule has 0 unspecified atom stereocenters. The molecule has 1 aromatic rings. The summed E-state index contributed by atoms with van der Waals surface area (Å²) in [4.78, 5) is 0. The van der Waals surface area contributed by atoms with Crippen LogP contribution in [0.15, 0.2) is 24.3 Å². The molecule has 64 valence electrons. The third-order valence-corrected chi connectivity index (χ3v) is 2.09. The van der Waals surface area contributed by atoms with Gasteiger partial charge in [-0.25, -0.2) is 0 Å². The van der Waals surface area contributed by atoms with Gasteiger partial charge in [-0.2, -0.15) is 0 Å². The van der Waals surface area contributed by atoms with E-state index in [2.05, 4.69) is 15.9 Å². The van der Waals surface area contributed by atoms with Gasteiger partial charge in [-0.3, -0.25) is 0 Å². The van der Waals surface area contributed by atoms with Gasteiger partial charge in [0.25, 0.3) is 0 Å². The van der Waals surface area contributed by atoms with E-state index in [1.165, 1.54) is 0 Å². The highest BCUT2D eigenvalue weighted by Crippen LogP contribution is 2.00. The minimum atomic E-state index is -1.36. The normalized spacial score (nSPS) is 9.92. The summed E-state index contributed by atoms with van der Waals surface area (Å²) in [7, 11) is -1.36. The Morgan fingerprint density at radius 3 is 2.50 bits per heavy atom. The van der Waals surface area contributed by atoms with Crippen LogP contribution >= 0.6 is 15.9 Å². The standard InChI is InChI=1S/C8H10BBrO2/c10-6-5-7-3-1-2-4-8(7)9(11)12/h1-4,11-12H,5-6H2. The molecule has 1 aromatic carbocycles. The monoisotopic (exact) mass is 228 g/mol. The summed E-state index contributed by atoms with van der Waals surface area (Å²) in [6.07, 6.45) is 0.813.